The van der Waals surface area contributed by atoms with Gasteiger partial charge in [-0.2, -0.15) is 0 Å². The van der Waals surface area contributed by atoms with Gasteiger partial charge < -0.3 is 10.1 Å². The molecule has 0 saturated carbocycles. The highest BCUT2D eigenvalue weighted by Crippen LogP contribution is 2.32. The highest BCUT2D eigenvalue weighted by atomic mass is 32.1. The van der Waals surface area contributed by atoms with Crippen LogP contribution in [0.15, 0.2) is 24.3 Å². The molecule has 182 valence electrons. The Labute approximate surface area is 195 Å². The van der Waals surface area contributed by atoms with E-state index in [1.165, 1.54) is 23.5 Å². The van der Waals surface area contributed by atoms with Crippen molar-refractivity contribution in [3.63, 3.8) is 0 Å². The molecule has 0 spiro atoms. The van der Waals surface area contributed by atoms with Crippen molar-refractivity contribution in [2.24, 2.45) is 0 Å². The molecular formula is C22H29F3N4O3S. The van der Waals surface area contributed by atoms with Crippen molar-refractivity contribution in [2.45, 2.75) is 77.6 Å². The lowest BCUT2D eigenvalue weighted by atomic mass is 9.89. The lowest BCUT2D eigenvalue weighted by Crippen LogP contribution is -2.44. The van der Waals surface area contributed by atoms with E-state index in [1.807, 2.05) is 6.92 Å². The standard InChI is InChI=1S/C22H29F3N4O3S/c1-5-8-16(18(31)27-20-29-28-19(33-20)21(3,4)11-6-2)26-17(30)13-14-9-7-10-15(12-14)32-22(23,24)25/h7,9-10,12,16H,5-6,8,11,13H2,1-4H3,(H,26,30)(H,27,29,31). The average molecular weight is 487 g/mol. The summed E-state index contributed by atoms with van der Waals surface area (Å²) in [7, 11) is 0. The number of aromatic nitrogens is 2. The predicted octanol–water partition coefficient (Wildman–Crippen LogP) is 4.98. The van der Waals surface area contributed by atoms with E-state index in [0.29, 0.717) is 23.5 Å². The molecule has 0 aliphatic heterocycles. The van der Waals surface area contributed by atoms with E-state index < -0.39 is 30.0 Å². The Morgan fingerprint density at radius 2 is 1.88 bits per heavy atom. The summed E-state index contributed by atoms with van der Waals surface area (Å²) in [6.07, 6.45) is -2.07. The van der Waals surface area contributed by atoms with Gasteiger partial charge in [0.1, 0.15) is 16.8 Å². The number of ether oxygens (including phenoxy) is 1. The van der Waals surface area contributed by atoms with Crippen molar-refractivity contribution in [1.82, 2.24) is 15.5 Å². The van der Waals surface area contributed by atoms with Gasteiger partial charge in [-0.3, -0.25) is 14.9 Å². The van der Waals surface area contributed by atoms with Crippen LogP contribution in [-0.4, -0.2) is 34.4 Å². The fraction of sp³-hybridized carbons (Fsp3) is 0.545. The topological polar surface area (TPSA) is 93.2 Å². The normalized spacial score (nSPS) is 12.8. The van der Waals surface area contributed by atoms with Crippen LogP contribution in [0.2, 0.25) is 0 Å². The zero-order chi connectivity index (χ0) is 24.6. The Kier molecular flexibility index (Phi) is 9.21. The second-order valence-corrected chi connectivity index (χ2v) is 9.29. The van der Waals surface area contributed by atoms with Crippen LogP contribution >= 0.6 is 11.3 Å². The molecule has 1 aromatic carbocycles. The molecule has 11 heteroatoms. The summed E-state index contributed by atoms with van der Waals surface area (Å²) in [6.45, 7) is 8.10. The first-order chi connectivity index (χ1) is 15.4. The third-order valence-electron chi connectivity index (χ3n) is 4.83. The van der Waals surface area contributed by atoms with E-state index in [2.05, 4.69) is 46.3 Å². The molecule has 0 fully saturated rings. The number of amides is 2. The van der Waals surface area contributed by atoms with Gasteiger partial charge >= 0.3 is 6.36 Å². The first-order valence-electron chi connectivity index (χ1n) is 10.7. The van der Waals surface area contributed by atoms with Crippen LogP contribution < -0.4 is 15.4 Å². The average Bonchev–Trinajstić information content (AvgIpc) is 3.16. The molecule has 2 rings (SSSR count). The summed E-state index contributed by atoms with van der Waals surface area (Å²) in [5, 5.41) is 14.8. The monoisotopic (exact) mass is 486 g/mol. The number of alkyl halides is 3. The summed E-state index contributed by atoms with van der Waals surface area (Å²) in [5.41, 5.74) is 0.174. The zero-order valence-electron chi connectivity index (χ0n) is 19.1. The second-order valence-electron chi connectivity index (χ2n) is 8.32. The Hall–Kier alpha value is -2.69. The summed E-state index contributed by atoms with van der Waals surface area (Å²) in [6, 6.07) is 4.36. The lowest BCUT2D eigenvalue weighted by molar-refractivity contribution is -0.274. The molecule has 2 N–H and O–H groups in total. The van der Waals surface area contributed by atoms with E-state index in [0.717, 1.165) is 30.0 Å². The van der Waals surface area contributed by atoms with Crippen LogP contribution in [-0.2, 0) is 21.4 Å². The summed E-state index contributed by atoms with van der Waals surface area (Å²) < 4.78 is 41.1. The molecule has 0 radical (unpaired) electrons. The first kappa shape index (κ1) is 26.6. The molecule has 1 atom stereocenters. The van der Waals surface area contributed by atoms with Crippen LogP contribution in [0.4, 0.5) is 18.3 Å². The molecule has 0 saturated heterocycles. The van der Waals surface area contributed by atoms with Gasteiger partial charge in [-0.05, 0) is 30.5 Å². The van der Waals surface area contributed by atoms with Gasteiger partial charge in [-0.25, -0.2) is 0 Å². The van der Waals surface area contributed by atoms with E-state index in [1.54, 1.807) is 0 Å². The number of carbonyl (C=O) groups is 2. The van der Waals surface area contributed by atoms with Crippen molar-refractivity contribution in [2.75, 3.05) is 5.32 Å². The summed E-state index contributed by atoms with van der Waals surface area (Å²) >= 11 is 1.30. The predicted molar refractivity (Wildman–Crippen MR) is 120 cm³/mol. The van der Waals surface area contributed by atoms with Gasteiger partial charge in [-0.1, -0.05) is 64.0 Å². The number of halogens is 3. The summed E-state index contributed by atoms with van der Waals surface area (Å²) in [5.74, 6) is -1.32. The van der Waals surface area contributed by atoms with E-state index in [9.17, 15) is 22.8 Å². The van der Waals surface area contributed by atoms with E-state index >= 15 is 0 Å². The molecule has 1 unspecified atom stereocenters. The van der Waals surface area contributed by atoms with Crippen molar-refractivity contribution < 1.29 is 27.5 Å². The van der Waals surface area contributed by atoms with Gasteiger partial charge in [0.25, 0.3) is 0 Å². The van der Waals surface area contributed by atoms with Crippen molar-refractivity contribution >= 4 is 28.3 Å². The molecular weight excluding hydrogens is 457 g/mol. The van der Waals surface area contributed by atoms with Crippen LogP contribution in [0.25, 0.3) is 0 Å². The highest BCUT2D eigenvalue weighted by Gasteiger charge is 2.31. The molecule has 1 heterocycles. The number of nitrogens with zero attached hydrogens (tertiary/aromatic N) is 2. The maximum Gasteiger partial charge on any atom is 0.573 e. The SMILES string of the molecule is CCCC(NC(=O)Cc1cccc(OC(F)(F)F)c1)C(=O)Nc1nnc(C(C)(C)CCC)s1. The van der Waals surface area contributed by atoms with Crippen LogP contribution in [0, 0.1) is 0 Å². The summed E-state index contributed by atoms with van der Waals surface area (Å²) in [4.78, 5) is 25.2. The molecule has 1 aromatic heterocycles. The first-order valence-corrected chi connectivity index (χ1v) is 11.5. The molecule has 0 bridgehead atoms. The van der Waals surface area contributed by atoms with Gasteiger partial charge in [-0.15, -0.1) is 23.4 Å². The molecule has 33 heavy (non-hydrogen) atoms. The minimum Gasteiger partial charge on any atom is -0.406 e. The molecule has 2 amide bonds. The minimum atomic E-state index is -4.82. The van der Waals surface area contributed by atoms with Gasteiger partial charge in [0, 0.05) is 5.41 Å². The smallest absolute Gasteiger partial charge is 0.406 e. The van der Waals surface area contributed by atoms with Crippen molar-refractivity contribution in [3.05, 3.63) is 34.8 Å². The lowest BCUT2D eigenvalue weighted by Gasteiger charge is -2.19. The van der Waals surface area contributed by atoms with E-state index in [4.69, 9.17) is 0 Å². The third-order valence-corrected chi connectivity index (χ3v) is 6.04. The van der Waals surface area contributed by atoms with Gasteiger partial charge in [0.2, 0.25) is 16.9 Å². The molecule has 7 nitrogen and oxygen atoms in total. The Morgan fingerprint density at radius 3 is 2.52 bits per heavy atom. The second kappa shape index (κ2) is 11.4. The number of anilines is 1. The van der Waals surface area contributed by atoms with Crippen molar-refractivity contribution in [1.29, 1.82) is 0 Å². The molecule has 0 aliphatic rings. The molecule has 0 aliphatic carbocycles. The maximum absolute atomic E-state index is 12.8. The van der Waals surface area contributed by atoms with Crippen LogP contribution in [0.5, 0.6) is 5.75 Å². The maximum atomic E-state index is 12.8. The fourth-order valence-electron chi connectivity index (χ4n) is 3.31. The van der Waals surface area contributed by atoms with Crippen molar-refractivity contribution in [3.8, 4) is 5.75 Å². The Bertz CT molecular complexity index is 947. The van der Waals surface area contributed by atoms with Crippen LogP contribution in [0.1, 0.15) is 63.9 Å². The van der Waals surface area contributed by atoms with Gasteiger partial charge in [0.05, 0.1) is 6.42 Å². The fourth-order valence-corrected chi connectivity index (χ4v) is 4.19. The minimum absolute atomic E-state index is 0.156. The number of benzene rings is 1. The number of hydrogen-bond donors (Lipinski definition) is 2. The molecule has 2 aromatic rings. The number of nitrogens with one attached hydrogen (secondary N) is 2. The van der Waals surface area contributed by atoms with Gasteiger partial charge in [0.15, 0.2) is 0 Å². The van der Waals surface area contributed by atoms with E-state index in [-0.39, 0.29) is 11.8 Å². The highest BCUT2D eigenvalue weighted by molar-refractivity contribution is 7.15. The third kappa shape index (κ3) is 8.64. The quantitative estimate of drug-likeness (QED) is 0.467. The Morgan fingerprint density at radius 1 is 1.15 bits per heavy atom. The zero-order valence-corrected chi connectivity index (χ0v) is 19.9. The number of rotatable bonds is 11. The Balaban J connectivity index is 2.01. The number of hydrogen-bond acceptors (Lipinski definition) is 6. The van der Waals surface area contributed by atoms with Crippen LogP contribution in [0.3, 0.4) is 0 Å². The largest absolute Gasteiger partial charge is 0.573 e. The number of carbonyl (C=O) groups excluding carboxylic acids is 2.